The summed E-state index contributed by atoms with van der Waals surface area (Å²) in [5.41, 5.74) is 1.86. The first-order valence-corrected chi connectivity index (χ1v) is 7.30. The van der Waals surface area contributed by atoms with E-state index in [1.807, 2.05) is 18.2 Å². The Kier molecular flexibility index (Phi) is 5.54. The molecule has 0 aliphatic carbocycles. The Morgan fingerprint density at radius 2 is 2.40 bits per heavy atom. The number of nitrogens with one attached hydrogen (secondary N) is 1. The van der Waals surface area contributed by atoms with Gasteiger partial charge in [-0.1, -0.05) is 19.1 Å². The van der Waals surface area contributed by atoms with Crippen molar-refractivity contribution in [2.45, 2.75) is 26.0 Å². The fraction of sp³-hybridized carbons (Fsp3) is 0.562. The van der Waals surface area contributed by atoms with Crippen molar-refractivity contribution in [3.05, 3.63) is 35.4 Å². The molecule has 1 heterocycles. The van der Waals surface area contributed by atoms with E-state index in [1.165, 1.54) is 0 Å². The van der Waals surface area contributed by atoms with Crippen molar-refractivity contribution < 1.29 is 4.74 Å². The zero-order valence-corrected chi connectivity index (χ0v) is 12.3. The van der Waals surface area contributed by atoms with Crippen LogP contribution in [-0.2, 0) is 4.74 Å². The predicted molar refractivity (Wildman–Crippen MR) is 79.4 cm³/mol. The van der Waals surface area contributed by atoms with Gasteiger partial charge in [-0.15, -0.1) is 0 Å². The van der Waals surface area contributed by atoms with Gasteiger partial charge in [0, 0.05) is 25.7 Å². The highest BCUT2D eigenvalue weighted by Crippen LogP contribution is 2.14. The number of nitriles is 1. The zero-order chi connectivity index (χ0) is 14.4. The van der Waals surface area contributed by atoms with Crippen LogP contribution in [0.25, 0.3) is 0 Å². The first kappa shape index (κ1) is 15.0. The summed E-state index contributed by atoms with van der Waals surface area (Å²) in [6.45, 7) is 9.08. The van der Waals surface area contributed by atoms with E-state index in [-0.39, 0.29) is 12.1 Å². The van der Waals surface area contributed by atoms with Gasteiger partial charge in [0.15, 0.2) is 0 Å². The van der Waals surface area contributed by atoms with Crippen LogP contribution in [0, 0.1) is 11.3 Å². The van der Waals surface area contributed by atoms with E-state index in [1.54, 1.807) is 0 Å². The molecule has 108 valence electrons. The van der Waals surface area contributed by atoms with Crippen LogP contribution in [0.3, 0.4) is 0 Å². The molecule has 0 bridgehead atoms. The molecule has 20 heavy (non-hydrogen) atoms. The molecular weight excluding hydrogens is 250 g/mol. The Balaban J connectivity index is 1.85. The lowest BCUT2D eigenvalue weighted by Gasteiger charge is -2.32. The van der Waals surface area contributed by atoms with Crippen LogP contribution in [0.15, 0.2) is 24.3 Å². The van der Waals surface area contributed by atoms with Gasteiger partial charge in [0.05, 0.1) is 24.3 Å². The normalized spacial score (nSPS) is 21.4. The van der Waals surface area contributed by atoms with Crippen LogP contribution in [0.2, 0.25) is 0 Å². The Hall–Kier alpha value is -1.41. The number of hydrogen-bond donors (Lipinski definition) is 1. The maximum atomic E-state index is 8.94. The second-order valence-corrected chi connectivity index (χ2v) is 5.25. The van der Waals surface area contributed by atoms with E-state index in [0.29, 0.717) is 5.56 Å². The number of morpholine rings is 1. The van der Waals surface area contributed by atoms with Gasteiger partial charge in [0.25, 0.3) is 0 Å². The fourth-order valence-electron chi connectivity index (χ4n) is 2.49. The molecule has 1 aliphatic rings. The summed E-state index contributed by atoms with van der Waals surface area (Å²) in [4.78, 5) is 2.41. The molecular formula is C16H23N3O. The van der Waals surface area contributed by atoms with Crippen molar-refractivity contribution in [1.29, 1.82) is 5.26 Å². The summed E-state index contributed by atoms with van der Waals surface area (Å²) in [5, 5.41) is 12.4. The SMILES string of the molecule is CCN1CCOC(CNC(C)c2cccc(C#N)c2)C1. The van der Waals surface area contributed by atoms with Crippen molar-refractivity contribution in [1.82, 2.24) is 10.2 Å². The van der Waals surface area contributed by atoms with E-state index < -0.39 is 0 Å². The quantitative estimate of drug-likeness (QED) is 0.890. The van der Waals surface area contributed by atoms with Crippen LogP contribution >= 0.6 is 0 Å². The molecule has 0 spiro atoms. The van der Waals surface area contributed by atoms with Gasteiger partial charge in [0.2, 0.25) is 0 Å². The lowest BCUT2D eigenvalue weighted by atomic mass is 10.1. The molecule has 1 aromatic carbocycles. The van der Waals surface area contributed by atoms with Crippen molar-refractivity contribution in [3.63, 3.8) is 0 Å². The summed E-state index contributed by atoms with van der Waals surface area (Å²) in [7, 11) is 0. The van der Waals surface area contributed by atoms with Gasteiger partial charge >= 0.3 is 0 Å². The monoisotopic (exact) mass is 273 g/mol. The third-order valence-electron chi connectivity index (χ3n) is 3.84. The van der Waals surface area contributed by atoms with Crippen molar-refractivity contribution >= 4 is 0 Å². The third kappa shape index (κ3) is 4.04. The molecule has 0 radical (unpaired) electrons. The largest absolute Gasteiger partial charge is 0.374 e. The minimum absolute atomic E-state index is 0.226. The molecule has 4 heteroatoms. The topological polar surface area (TPSA) is 48.3 Å². The first-order valence-electron chi connectivity index (χ1n) is 7.30. The van der Waals surface area contributed by atoms with Crippen LogP contribution in [0.1, 0.15) is 31.0 Å². The number of rotatable bonds is 5. The molecule has 1 fully saturated rings. The lowest BCUT2D eigenvalue weighted by Crippen LogP contribution is -2.46. The minimum Gasteiger partial charge on any atom is -0.374 e. The maximum Gasteiger partial charge on any atom is 0.0991 e. The van der Waals surface area contributed by atoms with Crippen molar-refractivity contribution in [2.75, 3.05) is 32.8 Å². The lowest BCUT2D eigenvalue weighted by molar-refractivity contribution is -0.0261. The Morgan fingerprint density at radius 1 is 1.55 bits per heavy atom. The smallest absolute Gasteiger partial charge is 0.0991 e. The average molecular weight is 273 g/mol. The highest BCUT2D eigenvalue weighted by Gasteiger charge is 2.19. The Bertz CT molecular complexity index is 469. The highest BCUT2D eigenvalue weighted by atomic mass is 16.5. The zero-order valence-electron chi connectivity index (χ0n) is 12.3. The summed E-state index contributed by atoms with van der Waals surface area (Å²) in [6.07, 6.45) is 0.255. The maximum absolute atomic E-state index is 8.94. The number of nitrogens with zero attached hydrogens (tertiary/aromatic N) is 2. The molecule has 1 aromatic rings. The first-order chi connectivity index (χ1) is 9.72. The summed E-state index contributed by atoms with van der Waals surface area (Å²) in [6, 6.07) is 10.2. The number of benzene rings is 1. The predicted octanol–water partition coefficient (Wildman–Crippen LogP) is 1.93. The van der Waals surface area contributed by atoms with E-state index in [0.717, 1.165) is 38.3 Å². The summed E-state index contributed by atoms with van der Waals surface area (Å²) >= 11 is 0. The Labute approximate surface area is 121 Å². The van der Waals surface area contributed by atoms with Gasteiger partial charge in [0.1, 0.15) is 0 Å². The minimum atomic E-state index is 0.226. The van der Waals surface area contributed by atoms with E-state index >= 15 is 0 Å². The Morgan fingerprint density at radius 3 is 3.15 bits per heavy atom. The molecule has 2 atom stereocenters. The second kappa shape index (κ2) is 7.39. The van der Waals surface area contributed by atoms with Crippen LogP contribution in [-0.4, -0.2) is 43.8 Å². The second-order valence-electron chi connectivity index (χ2n) is 5.25. The standard InChI is InChI=1S/C16H23N3O/c1-3-19-7-8-20-16(12-19)11-18-13(2)15-6-4-5-14(9-15)10-17/h4-6,9,13,16,18H,3,7-8,11-12H2,1-2H3. The number of likely N-dealkylation sites (N-methyl/N-ethyl adjacent to an activating group) is 1. The van der Waals surface area contributed by atoms with Gasteiger partial charge in [-0.2, -0.15) is 5.26 Å². The highest BCUT2D eigenvalue weighted by molar-refractivity contribution is 5.34. The molecule has 4 nitrogen and oxygen atoms in total. The molecule has 1 saturated heterocycles. The molecule has 2 unspecified atom stereocenters. The van der Waals surface area contributed by atoms with Crippen LogP contribution in [0.5, 0.6) is 0 Å². The molecule has 0 amide bonds. The van der Waals surface area contributed by atoms with E-state index in [9.17, 15) is 0 Å². The van der Waals surface area contributed by atoms with Crippen molar-refractivity contribution in [3.8, 4) is 6.07 Å². The molecule has 0 aromatic heterocycles. The number of ether oxygens (including phenoxy) is 1. The van der Waals surface area contributed by atoms with Crippen LogP contribution in [0.4, 0.5) is 0 Å². The van der Waals surface area contributed by atoms with Gasteiger partial charge in [-0.25, -0.2) is 0 Å². The van der Waals surface area contributed by atoms with Crippen molar-refractivity contribution in [2.24, 2.45) is 0 Å². The number of hydrogen-bond acceptors (Lipinski definition) is 4. The molecule has 0 saturated carbocycles. The van der Waals surface area contributed by atoms with Gasteiger partial charge in [-0.05, 0) is 31.2 Å². The van der Waals surface area contributed by atoms with Gasteiger partial charge in [-0.3, -0.25) is 4.90 Å². The van der Waals surface area contributed by atoms with Crippen LogP contribution < -0.4 is 5.32 Å². The summed E-state index contributed by atoms with van der Waals surface area (Å²) in [5.74, 6) is 0. The molecule has 1 aliphatic heterocycles. The third-order valence-corrected chi connectivity index (χ3v) is 3.84. The van der Waals surface area contributed by atoms with Gasteiger partial charge < -0.3 is 10.1 Å². The summed E-state index contributed by atoms with van der Waals surface area (Å²) < 4.78 is 5.78. The molecule has 2 rings (SSSR count). The average Bonchev–Trinajstić information content (AvgIpc) is 2.52. The fourth-order valence-corrected chi connectivity index (χ4v) is 2.49. The molecule has 1 N–H and O–H groups in total. The van der Waals surface area contributed by atoms with E-state index in [2.05, 4.69) is 36.2 Å². The van der Waals surface area contributed by atoms with E-state index in [4.69, 9.17) is 10.00 Å².